The van der Waals surface area contributed by atoms with Crippen molar-refractivity contribution in [3.8, 4) is 0 Å². The summed E-state index contributed by atoms with van der Waals surface area (Å²) in [4.78, 5) is 2.03. The summed E-state index contributed by atoms with van der Waals surface area (Å²) in [7, 11) is 3.99. The van der Waals surface area contributed by atoms with Gasteiger partial charge in [-0.3, -0.25) is 0 Å². The molecule has 2 rings (SSSR count). The van der Waals surface area contributed by atoms with Crippen molar-refractivity contribution in [2.24, 2.45) is 0 Å². The van der Waals surface area contributed by atoms with Crippen molar-refractivity contribution >= 4 is 24.8 Å². The highest BCUT2D eigenvalue weighted by Crippen LogP contribution is 2.23. The van der Waals surface area contributed by atoms with E-state index in [0.29, 0.717) is 11.8 Å². The van der Waals surface area contributed by atoms with Gasteiger partial charge in [0.25, 0.3) is 0 Å². The third-order valence-electron chi connectivity index (χ3n) is 2.62. The van der Waals surface area contributed by atoms with Gasteiger partial charge in [0.1, 0.15) is 0 Å². The lowest BCUT2D eigenvalue weighted by Gasteiger charge is -2.18. The van der Waals surface area contributed by atoms with Crippen molar-refractivity contribution in [2.45, 2.75) is 25.3 Å². The lowest BCUT2D eigenvalue weighted by molar-refractivity contribution is 0.313. The Morgan fingerprint density at radius 1 is 1.24 bits per heavy atom. The predicted octanol–water partition coefficient (Wildman–Crippen LogP) is 1.44. The minimum atomic E-state index is 0. The monoisotopic (exact) mass is 282 g/mol. The molecular weight excluding hydrogens is 263 g/mol. The Balaban J connectivity index is 0.00000128. The molecule has 1 aliphatic rings. The molecule has 1 aromatic rings. The maximum absolute atomic E-state index is 5.64. The second kappa shape index (κ2) is 7.87. The highest BCUT2D eigenvalue weighted by Gasteiger charge is 2.20. The molecule has 7 heteroatoms. The molecule has 1 aromatic heterocycles. The van der Waals surface area contributed by atoms with Crippen LogP contribution in [0.15, 0.2) is 4.42 Å². The molecule has 100 valence electrons. The number of nitrogens with zero attached hydrogens (tertiary/aromatic N) is 3. The number of hydrogen-bond donors (Lipinski definition) is 1. The second-order valence-electron chi connectivity index (χ2n) is 4.30. The van der Waals surface area contributed by atoms with Crippen molar-refractivity contribution in [2.75, 3.05) is 27.2 Å². The molecule has 0 radical (unpaired) electrons. The summed E-state index contributed by atoms with van der Waals surface area (Å²) in [5.74, 6) is 1.98. The van der Waals surface area contributed by atoms with Gasteiger partial charge in [0.2, 0.25) is 11.8 Å². The van der Waals surface area contributed by atoms with Crippen molar-refractivity contribution in [1.82, 2.24) is 20.4 Å². The normalized spacial score (nSPS) is 16.4. The highest BCUT2D eigenvalue weighted by molar-refractivity contribution is 5.85. The summed E-state index contributed by atoms with van der Waals surface area (Å²) in [6.07, 6.45) is 2.20. The number of rotatable bonds is 3. The van der Waals surface area contributed by atoms with Crippen LogP contribution in [0.2, 0.25) is 0 Å². The molecule has 1 saturated heterocycles. The molecule has 0 amide bonds. The van der Waals surface area contributed by atoms with Crippen LogP contribution in [-0.4, -0.2) is 42.3 Å². The Labute approximate surface area is 114 Å². The molecule has 0 aliphatic carbocycles. The largest absolute Gasteiger partial charge is 0.424 e. The maximum atomic E-state index is 5.64. The molecule has 1 aliphatic heterocycles. The van der Waals surface area contributed by atoms with Crippen molar-refractivity contribution in [1.29, 1.82) is 0 Å². The topological polar surface area (TPSA) is 54.2 Å². The molecule has 0 atom stereocenters. The zero-order valence-electron chi connectivity index (χ0n) is 10.2. The fourth-order valence-corrected chi connectivity index (χ4v) is 1.83. The van der Waals surface area contributed by atoms with Crippen LogP contribution >= 0.6 is 24.8 Å². The molecule has 1 N–H and O–H groups in total. The van der Waals surface area contributed by atoms with Crippen molar-refractivity contribution in [3.05, 3.63) is 11.8 Å². The van der Waals surface area contributed by atoms with Crippen molar-refractivity contribution < 1.29 is 4.42 Å². The molecule has 0 unspecified atom stereocenters. The first-order valence-corrected chi connectivity index (χ1v) is 5.43. The molecule has 17 heavy (non-hydrogen) atoms. The van der Waals surface area contributed by atoms with Crippen molar-refractivity contribution in [3.63, 3.8) is 0 Å². The standard InChI is InChI=1S/C10H18N4O.2ClH/c1-14(2)7-9-12-13-10(15-9)8-3-5-11-6-4-8;;/h8,11H,3-7H2,1-2H3;2*1H. The van der Waals surface area contributed by atoms with E-state index in [4.69, 9.17) is 4.42 Å². The van der Waals surface area contributed by atoms with Gasteiger partial charge >= 0.3 is 0 Å². The van der Waals surface area contributed by atoms with E-state index in [2.05, 4.69) is 15.5 Å². The van der Waals surface area contributed by atoms with Gasteiger partial charge in [0, 0.05) is 5.92 Å². The van der Waals surface area contributed by atoms with E-state index >= 15 is 0 Å². The number of hydrogen-bond acceptors (Lipinski definition) is 5. The quantitative estimate of drug-likeness (QED) is 0.909. The summed E-state index contributed by atoms with van der Waals surface area (Å²) < 4.78 is 5.64. The van der Waals surface area contributed by atoms with E-state index in [1.165, 1.54) is 0 Å². The van der Waals surface area contributed by atoms with Crippen LogP contribution in [0.1, 0.15) is 30.5 Å². The number of nitrogens with one attached hydrogen (secondary N) is 1. The zero-order valence-corrected chi connectivity index (χ0v) is 11.8. The Bertz CT molecular complexity index is 313. The Morgan fingerprint density at radius 2 is 1.88 bits per heavy atom. The maximum Gasteiger partial charge on any atom is 0.230 e. The third-order valence-corrected chi connectivity index (χ3v) is 2.62. The summed E-state index contributed by atoms with van der Waals surface area (Å²) in [5, 5.41) is 11.5. The van der Waals surface area contributed by atoms with Gasteiger partial charge in [-0.1, -0.05) is 0 Å². The molecule has 2 heterocycles. The zero-order chi connectivity index (χ0) is 10.7. The fourth-order valence-electron chi connectivity index (χ4n) is 1.83. The molecular formula is C10H20Cl2N4O. The van der Waals surface area contributed by atoms with Crippen LogP contribution in [0.5, 0.6) is 0 Å². The van der Waals surface area contributed by atoms with Crippen LogP contribution in [0, 0.1) is 0 Å². The smallest absolute Gasteiger partial charge is 0.230 e. The van der Waals surface area contributed by atoms with E-state index < -0.39 is 0 Å². The van der Waals surface area contributed by atoms with Crippen LogP contribution in [0.3, 0.4) is 0 Å². The number of aromatic nitrogens is 2. The first-order valence-electron chi connectivity index (χ1n) is 5.43. The van der Waals surface area contributed by atoms with E-state index in [1.807, 2.05) is 19.0 Å². The third kappa shape index (κ3) is 4.79. The molecule has 1 fully saturated rings. The minimum Gasteiger partial charge on any atom is -0.424 e. The second-order valence-corrected chi connectivity index (χ2v) is 4.30. The molecule has 0 saturated carbocycles. The van der Waals surface area contributed by atoms with Crippen LogP contribution in [-0.2, 0) is 6.54 Å². The summed E-state index contributed by atoms with van der Waals surface area (Å²) in [5.41, 5.74) is 0. The van der Waals surface area contributed by atoms with E-state index in [-0.39, 0.29) is 24.8 Å². The van der Waals surface area contributed by atoms with E-state index in [0.717, 1.165) is 38.4 Å². The Hall–Kier alpha value is -0.360. The lowest BCUT2D eigenvalue weighted by Crippen LogP contribution is -2.26. The van der Waals surface area contributed by atoms with Gasteiger partial charge in [0.05, 0.1) is 6.54 Å². The van der Waals surface area contributed by atoms with E-state index in [9.17, 15) is 0 Å². The highest BCUT2D eigenvalue weighted by atomic mass is 35.5. The molecule has 0 spiro atoms. The van der Waals surface area contributed by atoms with Gasteiger partial charge in [-0.15, -0.1) is 35.0 Å². The van der Waals surface area contributed by atoms with Gasteiger partial charge in [0.15, 0.2) is 0 Å². The fraction of sp³-hybridized carbons (Fsp3) is 0.800. The van der Waals surface area contributed by atoms with Crippen LogP contribution < -0.4 is 5.32 Å². The lowest BCUT2D eigenvalue weighted by atomic mass is 9.98. The summed E-state index contributed by atoms with van der Waals surface area (Å²) >= 11 is 0. The number of halogens is 2. The minimum absolute atomic E-state index is 0. The predicted molar refractivity (Wildman–Crippen MR) is 71.0 cm³/mol. The average Bonchev–Trinajstić information content (AvgIpc) is 2.67. The molecule has 0 bridgehead atoms. The first kappa shape index (κ1) is 16.6. The average molecular weight is 283 g/mol. The first-order chi connectivity index (χ1) is 7.25. The Kier molecular flexibility index (Phi) is 7.70. The van der Waals surface area contributed by atoms with Crippen LogP contribution in [0.25, 0.3) is 0 Å². The number of piperidine rings is 1. The van der Waals surface area contributed by atoms with Gasteiger partial charge in [-0.25, -0.2) is 0 Å². The molecule has 5 nitrogen and oxygen atoms in total. The summed E-state index contributed by atoms with van der Waals surface area (Å²) in [6, 6.07) is 0. The van der Waals surface area contributed by atoms with Gasteiger partial charge in [-0.05, 0) is 40.0 Å². The van der Waals surface area contributed by atoms with E-state index in [1.54, 1.807) is 0 Å². The van der Waals surface area contributed by atoms with Gasteiger partial charge < -0.3 is 14.6 Å². The van der Waals surface area contributed by atoms with Crippen LogP contribution in [0.4, 0.5) is 0 Å². The molecule has 0 aromatic carbocycles. The Morgan fingerprint density at radius 3 is 2.47 bits per heavy atom. The SMILES string of the molecule is CN(C)Cc1nnc(C2CCNCC2)o1.Cl.Cl. The van der Waals surface area contributed by atoms with Gasteiger partial charge in [-0.2, -0.15) is 0 Å². The summed E-state index contributed by atoms with van der Waals surface area (Å²) in [6.45, 7) is 2.82.